The molecule has 1 heterocycles. The molecule has 0 saturated heterocycles. The van der Waals surface area contributed by atoms with Gasteiger partial charge in [0.05, 0.1) is 6.42 Å². The molecule has 0 radical (unpaired) electrons. The first-order valence-corrected chi connectivity index (χ1v) is 6.47. The SMILES string of the molecule is CCc1cc2c(s1)CCC2(CN)CC(=O)O. The van der Waals surface area contributed by atoms with E-state index in [0.29, 0.717) is 6.54 Å². The second kappa shape index (κ2) is 4.18. The van der Waals surface area contributed by atoms with Crippen LogP contribution in [0.5, 0.6) is 0 Å². The Morgan fingerprint density at radius 2 is 2.44 bits per heavy atom. The molecule has 1 aliphatic carbocycles. The van der Waals surface area contributed by atoms with E-state index in [4.69, 9.17) is 10.8 Å². The summed E-state index contributed by atoms with van der Waals surface area (Å²) in [6, 6.07) is 2.17. The largest absolute Gasteiger partial charge is 0.481 e. The third kappa shape index (κ3) is 1.76. The van der Waals surface area contributed by atoms with E-state index in [1.165, 1.54) is 15.3 Å². The number of carboxylic acid groups (broad SMARTS) is 1. The monoisotopic (exact) mass is 239 g/mol. The maximum atomic E-state index is 11.0. The first-order valence-electron chi connectivity index (χ1n) is 5.65. The number of rotatable bonds is 4. The number of nitrogens with two attached hydrogens (primary N) is 1. The summed E-state index contributed by atoms with van der Waals surface area (Å²) in [5.41, 5.74) is 6.73. The fourth-order valence-electron chi connectivity index (χ4n) is 2.54. The summed E-state index contributed by atoms with van der Waals surface area (Å²) in [5.74, 6) is -0.748. The van der Waals surface area contributed by atoms with Gasteiger partial charge in [0.2, 0.25) is 0 Å². The molecule has 0 fully saturated rings. The zero-order valence-electron chi connectivity index (χ0n) is 9.45. The van der Waals surface area contributed by atoms with E-state index in [2.05, 4.69) is 13.0 Å². The number of carbonyl (C=O) groups is 1. The van der Waals surface area contributed by atoms with Gasteiger partial charge < -0.3 is 10.8 Å². The van der Waals surface area contributed by atoms with Crippen LogP contribution in [-0.2, 0) is 23.1 Å². The molecular weight excluding hydrogens is 222 g/mol. The summed E-state index contributed by atoms with van der Waals surface area (Å²) in [5, 5.41) is 9.01. The third-order valence-corrected chi connectivity index (χ3v) is 4.83. The van der Waals surface area contributed by atoms with Gasteiger partial charge in [-0.2, -0.15) is 0 Å². The fraction of sp³-hybridized carbons (Fsp3) is 0.583. The first-order chi connectivity index (χ1) is 7.61. The highest BCUT2D eigenvalue weighted by Gasteiger charge is 2.40. The van der Waals surface area contributed by atoms with Crippen molar-refractivity contribution in [2.45, 2.75) is 38.0 Å². The third-order valence-electron chi connectivity index (χ3n) is 3.49. The zero-order chi connectivity index (χ0) is 11.8. The Labute approximate surface area is 99.3 Å². The van der Waals surface area contributed by atoms with Gasteiger partial charge in [0.15, 0.2) is 0 Å². The highest BCUT2D eigenvalue weighted by molar-refractivity contribution is 7.12. The van der Waals surface area contributed by atoms with E-state index < -0.39 is 5.97 Å². The van der Waals surface area contributed by atoms with Crippen LogP contribution in [0.2, 0.25) is 0 Å². The van der Waals surface area contributed by atoms with Gasteiger partial charge in [0.25, 0.3) is 0 Å². The average Bonchev–Trinajstić information content (AvgIpc) is 2.78. The topological polar surface area (TPSA) is 63.3 Å². The number of aliphatic carboxylic acids is 1. The summed E-state index contributed by atoms with van der Waals surface area (Å²) in [6.07, 6.45) is 3.06. The predicted molar refractivity (Wildman–Crippen MR) is 65.0 cm³/mol. The minimum absolute atomic E-state index is 0.163. The van der Waals surface area contributed by atoms with Crippen LogP contribution in [0.1, 0.15) is 35.1 Å². The Bertz CT molecular complexity index is 413. The van der Waals surface area contributed by atoms with Crippen LogP contribution < -0.4 is 5.73 Å². The summed E-state index contributed by atoms with van der Waals surface area (Å²) >= 11 is 1.82. The smallest absolute Gasteiger partial charge is 0.304 e. The molecule has 1 unspecified atom stereocenters. The number of carboxylic acids is 1. The van der Waals surface area contributed by atoms with Crippen LogP contribution in [0.25, 0.3) is 0 Å². The van der Waals surface area contributed by atoms with Crippen LogP contribution in [0.4, 0.5) is 0 Å². The molecule has 1 atom stereocenters. The van der Waals surface area contributed by atoms with Crippen molar-refractivity contribution in [2.75, 3.05) is 6.54 Å². The van der Waals surface area contributed by atoms with E-state index in [1.807, 2.05) is 11.3 Å². The molecular formula is C12H17NO2S. The number of hydrogen-bond donors (Lipinski definition) is 2. The molecule has 0 aliphatic heterocycles. The quantitative estimate of drug-likeness (QED) is 0.844. The molecule has 4 heteroatoms. The van der Waals surface area contributed by atoms with E-state index in [-0.39, 0.29) is 11.8 Å². The molecule has 0 aromatic carbocycles. The number of hydrogen-bond acceptors (Lipinski definition) is 3. The lowest BCUT2D eigenvalue weighted by Crippen LogP contribution is -2.35. The molecule has 88 valence electrons. The lowest BCUT2D eigenvalue weighted by atomic mass is 9.79. The summed E-state index contributed by atoms with van der Waals surface area (Å²) in [6.45, 7) is 2.56. The van der Waals surface area contributed by atoms with Gasteiger partial charge in [-0.05, 0) is 30.9 Å². The standard InChI is InChI=1S/C12H17NO2S/c1-2-8-5-9-10(16-8)3-4-12(9,7-13)6-11(14)15/h5H,2-4,6-7,13H2,1H3,(H,14,15). The van der Waals surface area contributed by atoms with Gasteiger partial charge in [-0.25, -0.2) is 0 Å². The molecule has 0 amide bonds. The normalized spacial score (nSPS) is 23.4. The molecule has 16 heavy (non-hydrogen) atoms. The van der Waals surface area contributed by atoms with Crippen molar-refractivity contribution in [2.24, 2.45) is 5.73 Å². The van der Waals surface area contributed by atoms with Crippen molar-refractivity contribution in [1.29, 1.82) is 0 Å². The van der Waals surface area contributed by atoms with Gasteiger partial charge >= 0.3 is 5.97 Å². The molecule has 1 aromatic heterocycles. The lowest BCUT2D eigenvalue weighted by Gasteiger charge is -2.25. The van der Waals surface area contributed by atoms with Gasteiger partial charge in [-0.3, -0.25) is 4.79 Å². The second-order valence-electron chi connectivity index (χ2n) is 4.46. The first kappa shape index (κ1) is 11.6. The molecule has 0 saturated carbocycles. The fourth-order valence-corrected chi connectivity index (χ4v) is 3.76. The summed E-state index contributed by atoms with van der Waals surface area (Å²) in [7, 11) is 0. The van der Waals surface area contributed by atoms with Crippen LogP contribution >= 0.6 is 11.3 Å². The Hall–Kier alpha value is -0.870. The molecule has 3 N–H and O–H groups in total. The zero-order valence-corrected chi connectivity index (χ0v) is 10.3. The highest BCUT2D eigenvalue weighted by atomic mass is 32.1. The Kier molecular flexibility index (Phi) is 3.04. The molecule has 1 aliphatic rings. The van der Waals surface area contributed by atoms with E-state index in [1.54, 1.807) is 0 Å². The Balaban J connectivity index is 2.37. The Morgan fingerprint density at radius 3 is 3.00 bits per heavy atom. The van der Waals surface area contributed by atoms with Crippen LogP contribution in [-0.4, -0.2) is 17.6 Å². The minimum Gasteiger partial charge on any atom is -0.481 e. The van der Waals surface area contributed by atoms with E-state index in [9.17, 15) is 4.79 Å². The van der Waals surface area contributed by atoms with Crippen LogP contribution in [0.15, 0.2) is 6.07 Å². The summed E-state index contributed by atoms with van der Waals surface area (Å²) in [4.78, 5) is 13.6. The highest BCUT2D eigenvalue weighted by Crippen LogP contribution is 2.45. The lowest BCUT2D eigenvalue weighted by molar-refractivity contribution is -0.138. The van der Waals surface area contributed by atoms with E-state index >= 15 is 0 Å². The van der Waals surface area contributed by atoms with Crippen molar-refractivity contribution in [3.63, 3.8) is 0 Å². The molecule has 0 spiro atoms. The number of thiophene rings is 1. The van der Waals surface area contributed by atoms with Crippen molar-refractivity contribution in [1.82, 2.24) is 0 Å². The van der Waals surface area contributed by atoms with Crippen molar-refractivity contribution in [3.8, 4) is 0 Å². The number of aryl methyl sites for hydroxylation is 2. The molecule has 1 aromatic rings. The predicted octanol–water partition coefficient (Wildman–Crippen LogP) is 1.93. The average molecular weight is 239 g/mol. The van der Waals surface area contributed by atoms with Crippen LogP contribution in [0, 0.1) is 0 Å². The summed E-state index contributed by atoms with van der Waals surface area (Å²) < 4.78 is 0. The maximum absolute atomic E-state index is 11.0. The van der Waals surface area contributed by atoms with Crippen molar-refractivity contribution in [3.05, 3.63) is 21.4 Å². The molecule has 2 rings (SSSR count). The number of fused-ring (bicyclic) bond motifs is 1. The minimum atomic E-state index is -0.748. The van der Waals surface area contributed by atoms with Gasteiger partial charge in [-0.15, -0.1) is 11.3 Å². The second-order valence-corrected chi connectivity index (χ2v) is 5.68. The molecule has 3 nitrogen and oxygen atoms in total. The van der Waals surface area contributed by atoms with Crippen molar-refractivity contribution < 1.29 is 9.90 Å². The van der Waals surface area contributed by atoms with E-state index in [0.717, 1.165) is 19.3 Å². The van der Waals surface area contributed by atoms with Gasteiger partial charge in [0, 0.05) is 21.7 Å². The maximum Gasteiger partial charge on any atom is 0.304 e. The van der Waals surface area contributed by atoms with Crippen molar-refractivity contribution >= 4 is 17.3 Å². The molecule has 0 bridgehead atoms. The van der Waals surface area contributed by atoms with Gasteiger partial charge in [0.1, 0.15) is 0 Å². The van der Waals surface area contributed by atoms with Crippen LogP contribution in [0.3, 0.4) is 0 Å². The Morgan fingerprint density at radius 1 is 1.69 bits per heavy atom. The van der Waals surface area contributed by atoms with Gasteiger partial charge in [-0.1, -0.05) is 6.92 Å².